The van der Waals surface area contributed by atoms with Gasteiger partial charge in [0.2, 0.25) is 0 Å². The molecule has 2 heterocycles. The summed E-state index contributed by atoms with van der Waals surface area (Å²) in [4.78, 5) is 50.9. The fourth-order valence-electron chi connectivity index (χ4n) is 3.41. The van der Waals surface area contributed by atoms with Gasteiger partial charge in [-0.15, -0.1) is 0 Å². The van der Waals surface area contributed by atoms with Crippen LogP contribution in [-0.2, 0) is 4.79 Å². The number of hydrogen-bond acceptors (Lipinski definition) is 5. The normalized spacial score (nSPS) is 15.5. The molecular weight excluding hydrogens is 362 g/mol. The van der Waals surface area contributed by atoms with Gasteiger partial charge in [-0.25, -0.2) is 0 Å². The Morgan fingerprint density at radius 1 is 1.00 bits per heavy atom. The van der Waals surface area contributed by atoms with Crippen molar-refractivity contribution >= 4 is 17.4 Å². The third-order valence-electron chi connectivity index (χ3n) is 4.87. The average Bonchev–Trinajstić information content (AvgIpc) is 2.99. The molecule has 8 nitrogen and oxygen atoms in total. The van der Waals surface area contributed by atoms with Gasteiger partial charge >= 0.3 is 0 Å². The highest BCUT2D eigenvalue weighted by atomic mass is 16.6. The molecule has 0 bridgehead atoms. The highest BCUT2D eigenvalue weighted by Crippen LogP contribution is 2.22. The van der Waals surface area contributed by atoms with Crippen LogP contribution in [0.25, 0.3) is 0 Å². The third kappa shape index (κ3) is 4.16. The van der Waals surface area contributed by atoms with Crippen LogP contribution in [0.3, 0.4) is 0 Å². The maximum absolute atomic E-state index is 13.2. The van der Waals surface area contributed by atoms with Gasteiger partial charge in [-0.05, 0) is 18.9 Å². The monoisotopic (exact) mass is 383 g/mol. The number of ketones is 1. The lowest BCUT2D eigenvalue weighted by Gasteiger charge is -2.26. The Bertz CT molecular complexity index is 945. The van der Waals surface area contributed by atoms with Crippen molar-refractivity contribution in [2.45, 2.75) is 31.7 Å². The predicted molar refractivity (Wildman–Crippen MR) is 102 cm³/mol. The van der Waals surface area contributed by atoms with E-state index in [2.05, 4.69) is 0 Å². The predicted octanol–water partition coefficient (Wildman–Crippen LogP) is 2.58. The molecule has 0 N–H and O–H groups in total. The molecule has 0 spiro atoms. The molecule has 3 rings (SSSR count). The Hall–Kier alpha value is -3.29. The first-order chi connectivity index (χ1) is 13.5. The van der Waals surface area contributed by atoms with Crippen LogP contribution in [0.15, 0.2) is 53.5 Å². The van der Waals surface area contributed by atoms with Gasteiger partial charge in [0.1, 0.15) is 0 Å². The number of benzene rings is 1. The second-order valence-electron chi connectivity index (χ2n) is 6.76. The zero-order chi connectivity index (χ0) is 20.1. The Morgan fingerprint density at radius 3 is 2.36 bits per heavy atom. The van der Waals surface area contributed by atoms with E-state index in [4.69, 9.17) is 0 Å². The lowest BCUT2D eigenvalue weighted by Crippen LogP contribution is -2.44. The van der Waals surface area contributed by atoms with Crippen LogP contribution >= 0.6 is 0 Å². The summed E-state index contributed by atoms with van der Waals surface area (Å²) in [5.74, 6) is -1.09. The molecule has 146 valence electrons. The number of nitro benzene ring substituents is 1. The van der Waals surface area contributed by atoms with Gasteiger partial charge in [0, 0.05) is 43.0 Å². The number of carbonyl (C=O) groups is 2. The maximum Gasteiger partial charge on any atom is 0.270 e. The lowest BCUT2D eigenvalue weighted by molar-refractivity contribution is -0.384. The lowest BCUT2D eigenvalue weighted by atomic mass is 10.0. The van der Waals surface area contributed by atoms with Crippen LogP contribution in [0.2, 0.25) is 0 Å². The summed E-state index contributed by atoms with van der Waals surface area (Å²) in [5.41, 5.74) is -0.695. The first-order valence-corrected chi connectivity index (χ1v) is 9.23. The van der Waals surface area contributed by atoms with Crippen LogP contribution in [0.4, 0.5) is 5.69 Å². The molecule has 1 amide bonds. The van der Waals surface area contributed by atoms with E-state index in [1.54, 1.807) is 11.0 Å². The van der Waals surface area contributed by atoms with Gasteiger partial charge in [-0.1, -0.05) is 31.0 Å². The van der Waals surface area contributed by atoms with E-state index in [1.807, 2.05) is 0 Å². The van der Waals surface area contributed by atoms with E-state index in [1.165, 1.54) is 36.5 Å². The summed E-state index contributed by atoms with van der Waals surface area (Å²) < 4.78 is 1.11. The van der Waals surface area contributed by atoms with Gasteiger partial charge in [-0.2, -0.15) is 0 Å². The van der Waals surface area contributed by atoms with Crippen LogP contribution in [0.5, 0.6) is 0 Å². The zero-order valence-electron chi connectivity index (χ0n) is 15.3. The molecule has 1 aliphatic rings. The van der Waals surface area contributed by atoms with Crippen molar-refractivity contribution in [2.75, 3.05) is 13.1 Å². The molecule has 0 radical (unpaired) electrons. The standard InChI is InChI=1S/C20H21N3O5/c24-17-10-3-6-13-22(17)18(20(26)21-11-4-1-2-5-12-21)19(25)15-8-7-9-16(14-15)23(27)28/h3,6-10,13-14,18H,1-2,4-5,11-12H2. The van der Waals surface area contributed by atoms with Gasteiger partial charge in [-0.3, -0.25) is 29.1 Å². The second kappa shape index (κ2) is 8.60. The zero-order valence-corrected chi connectivity index (χ0v) is 15.3. The molecule has 28 heavy (non-hydrogen) atoms. The number of nitrogens with zero attached hydrogens (tertiary/aromatic N) is 3. The van der Waals surface area contributed by atoms with Gasteiger partial charge in [0.05, 0.1) is 4.92 Å². The molecule has 1 aromatic heterocycles. The summed E-state index contributed by atoms with van der Waals surface area (Å²) in [6, 6.07) is 8.24. The smallest absolute Gasteiger partial charge is 0.270 e. The number of hydrogen-bond donors (Lipinski definition) is 0. The molecule has 1 fully saturated rings. The summed E-state index contributed by atoms with van der Waals surface area (Å²) in [7, 11) is 0. The Kier molecular flexibility index (Phi) is 5.98. The van der Waals surface area contributed by atoms with Crippen molar-refractivity contribution in [1.29, 1.82) is 0 Å². The number of pyridine rings is 1. The van der Waals surface area contributed by atoms with Crippen molar-refractivity contribution < 1.29 is 14.5 Å². The third-order valence-corrected chi connectivity index (χ3v) is 4.87. The van der Waals surface area contributed by atoms with Crippen molar-refractivity contribution in [3.05, 3.63) is 74.7 Å². The van der Waals surface area contributed by atoms with Crippen molar-refractivity contribution in [2.24, 2.45) is 0 Å². The first kappa shape index (κ1) is 19.5. The van der Waals surface area contributed by atoms with E-state index in [9.17, 15) is 24.5 Å². The number of amides is 1. The second-order valence-corrected chi connectivity index (χ2v) is 6.76. The molecular formula is C20H21N3O5. The van der Waals surface area contributed by atoms with E-state index >= 15 is 0 Å². The van der Waals surface area contributed by atoms with Crippen LogP contribution < -0.4 is 5.56 Å². The summed E-state index contributed by atoms with van der Waals surface area (Å²) >= 11 is 0. The quantitative estimate of drug-likeness (QED) is 0.342. The number of carbonyl (C=O) groups excluding carboxylic acids is 2. The summed E-state index contributed by atoms with van der Waals surface area (Å²) in [6.07, 6.45) is 5.11. The highest BCUT2D eigenvalue weighted by Gasteiger charge is 2.34. The van der Waals surface area contributed by atoms with Crippen LogP contribution in [0.1, 0.15) is 42.1 Å². The number of non-ortho nitro benzene ring substituents is 1. The van der Waals surface area contributed by atoms with Crippen LogP contribution in [-0.4, -0.2) is 39.2 Å². The number of aromatic nitrogens is 1. The van der Waals surface area contributed by atoms with E-state index in [-0.39, 0.29) is 11.3 Å². The molecule has 1 saturated heterocycles. The maximum atomic E-state index is 13.2. The number of likely N-dealkylation sites (tertiary alicyclic amines) is 1. The highest BCUT2D eigenvalue weighted by molar-refractivity contribution is 6.12. The van der Waals surface area contributed by atoms with Crippen LogP contribution in [0, 0.1) is 10.1 Å². The van der Waals surface area contributed by atoms with E-state index in [0.29, 0.717) is 13.1 Å². The molecule has 1 aromatic carbocycles. The largest absolute Gasteiger partial charge is 0.340 e. The fourth-order valence-corrected chi connectivity index (χ4v) is 3.41. The summed E-state index contributed by atoms with van der Waals surface area (Å²) in [5, 5.41) is 11.1. The molecule has 1 aliphatic heterocycles. The average molecular weight is 383 g/mol. The van der Waals surface area contributed by atoms with Gasteiger partial charge < -0.3 is 4.90 Å². The first-order valence-electron chi connectivity index (χ1n) is 9.23. The minimum Gasteiger partial charge on any atom is -0.340 e. The number of Topliss-reactive ketones (excluding diaryl/α,β-unsaturated/α-hetero) is 1. The SMILES string of the molecule is O=C(c1cccc([N+](=O)[O-])c1)C(C(=O)N1CCCCCC1)n1ccccc1=O. The van der Waals surface area contributed by atoms with Crippen molar-refractivity contribution in [3.63, 3.8) is 0 Å². The molecule has 0 aliphatic carbocycles. The Morgan fingerprint density at radius 2 is 1.71 bits per heavy atom. The van der Waals surface area contributed by atoms with E-state index < -0.39 is 28.2 Å². The minimum atomic E-state index is -1.38. The molecule has 0 saturated carbocycles. The number of nitro groups is 1. The number of rotatable bonds is 5. The van der Waals surface area contributed by atoms with Crippen molar-refractivity contribution in [1.82, 2.24) is 9.47 Å². The molecule has 1 unspecified atom stereocenters. The van der Waals surface area contributed by atoms with Gasteiger partial charge in [0.15, 0.2) is 11.8 Å². The van der Waals surface area contributed by atoms with Crippen molar-refractivity contribution in [3.8, 4) is 0 Å². The fraction of sp³-hybridized carbons (Fsp3) is 0.350. The molecule has 1 atom stereocenters. The summed E-state index contributed by atoms with van der Waals surface area (Å²) in [6.45, 7) is 1.05. The molecule has 2 aromatic rings. The van der Waals surface area contributed by atoms with E-state index in [0.717, 1.165) is 36.3 Å². The minimum absolute atomic E-state index is 0.0260. The Balaban J connectivity index is 2.03. The topological polar surface area (TPSA) is 103 Å². The van der Waals surface area contributed by atoms with Gasteiger partial charge in [0.25, 0.3) is 17.2 Å². The Labute approximate surface area is 161 Å². The molecule has 8 heteroatoms.